The second kappa shape index (κ2) is 4.06. The maximum absolute atomic E-state index is 4.40. The summed E-state index contributed by atoms with van der Waals surface area (Å²) >= 11 is 3.56. The van der Waals surface area contributed by atoms with Crippen molar-refractivity contribution in [1.29, 1.82) is 0 Å². The highest BCUT2D eigenvalue weighted by atomic mass is 79.9. The topological polar surface area (TPSA) is 28.7 Å². The molecule has 0 unspecified atom stereocenters. The van der Waals surface area contributed by atoms with E-state index in [4.69, 9.17) is 0 Å². The summed E-state index contributed by atoms with van der Waals surface area (Å²) in [5, 5.41) is 7.56. The highest BCUT2D eigenvalue weighted by Crippen LogP contribution is 2.37. The molecule has 0 saturated heterocycles. The Morgan fingerprint density at radius 3 is 2.75 bits per heavy atom. The molecule has 1 saturated carbocycles. The van der Waals surface area contributed by atoms with Crippen molar-refractivity contribution in [2.75, 3.05) is 0 Å². The van der Waals surface area contributed by atoms with Crippen LogP contribution in [0.5, 0.6) is 0 Å². The summed E-state index contributed by atoms with van der Waals surface area (Å²) < 4.78 is 1.10. The second-order valence-corrected chi connectivity index (χ2v) is 5.17. The number of aromatic nitrogens is 2. The number of hydrogen-bond acceptors (Lipinski definition) is 1. The smallest absolute Gasteiger partial charge is 0.0934 e. The van der Waals surface area contributed by atoms with Crippen molar-refractivity contribution < 1.29 is 0 Å². The third kappa shape index (κ3) is 1.69. The minimum absolute atomic E-state index is 0.712. The first kappa shape index (κ1) is 10.1. The van der Waals surface area contributed by atoms with Gasteiger partial charge in [0.1, 0.15) is 0 Å². The van der Waals surface area contributed by atoms with E-state index in [0.29, 0.717) is 5.92 Å². The summed E-state index contributed by atoms with van der Waals surface area (Å²) in [5.41, 5.74) is 3.48. The van der Waals surface area contributed by atoms with Gasteiger partial charge in [0.15, 0.2) is 0 Å². The van der Waals surface area contributed by atoms with Crippen LogP contribution < -0.4 is 0 Å². The number of H-pyrrole nitrogens is 1. The third-order valence-electron chi connectivity index (χ3n) is 3.29. The Balaban J connectivity index is 1.95. The van der Waals surface area contributed by atoms with Gasteiger partial charge in [0.2, 0.25) is 0 Å². The van der Waals surface area contributed by atoms with Crippen molar-refractivity contribution in [3.63, 3.8) is 0 Å². The molecular formula is C13H13BrN2. The first-order chi connectivity index (χ1) is 7.84. The molecule has 0 atom stereocenters. The molecular weight excluding hydrogens is 264 g/mol. The highest BCUT2D eigenvalue weighted by molar-refractivity contribution is 9.10. The monoisotopic (exact) mass is 276 g/mol. The molecule has 0 bridgehead atoms. The van der Waals surface area contributed by atoms with Crippen LogP contribution in [-0.2, 0) is 0 Å². The van der Waals surface area contributed by atoms with Gasteiger partial charge in [-0.3, -0.25) is 5.10 Å². The molecule has 1 heterocycles. The maximum Gasteiger partial charge on any atom is 0.0934 e. The fraction of sp³-hybridized carbons (Fsp3) is 0.308. The number of nitrogens with zero attached hydrogens (tertiary/aromatic N) is 1. The van der Waals surface area contributed by atoms with Crippen molar-refractivity contribution in [2.45, 2.75) is 25.2 Å². The van der Waals surface area contributed by atoms with E-state index in [1.165, 1.54) is 25.0 Å². The molecule has 0 spiro atoms. The van der Waals surface area contributed by atoms with Crippen LogP contribution in [0.4, 0.5) is 0 Å². The van der Waals surface area contributed by atoms with Gasteiger partial charge in [-0.25, -0.2) is 0 Å². The Bertz CT molecular complexity index is 500. The van der Waals surface area contributed by atoms with Gasteiger partial charge in [0, 0.05) is 21.6 Å². The van der Waals surface area contributed by atoms with Crippen molar-refractivity contribution >= 4 is 15.9 Å². The Morgan fingerprint density at radius 1 is 1.25 bits per heavy atom. The molecule has 2 nitrogen and oxygen atoms in total. The fourth-order valence-electron chi connectivity index (χ4n) is 2.07. The lowest BCUT2D eigenvalue weighted by Gasteiger charge is -2.23. The molecule has 1 aliphatic rings. The van der Waals surface area contributed by atoms with E-state index >= 15 is 0 Å². The zero-order valence-corrected chi connectivity index (χ0v) is 10.5. The van der Waals surface area contributed by atoms with Gasteiger partial charge in [-0.15, -0.1) is 0 Å². The minimum Gasteiger partial charge on any atom is -0.282 e. The largest absolute Gasteiger partial charge is 0.282 e. The molecule has 1 fully saturated rings. The van der Waals surface area contributed by atoms with Crippen LogP contribution in [-0.4, -0.2) is 10.2 Å². The summed E-state index contributed by atoms with van der Waals surface area (Å²) in [6.07, 6.45) is 3.96. The molecule has 2 aromatic rings. The van der Waals surface area contributed by atoms with E-state index in [1.54, 1.807) is 0 Å². The lowest BCUT2D eigenvalue weighted by atomic mass is 9.83. The number of nitrogens with one attached hydrogen (secondary N) is 1. The zero-order chi connectivity index (χ0) is 11.0. The van der Waals surface area contributed by atoms with E-state index in [-0.39, 0.29) is 0 Å². The molecule has 1 N–H and O–H groups in total. The molecule has 82 valence electrons. The molecule has 0 aliphatic heterocycles. The average Bonchev–Trinajstić information content (AvgIpc) is 2.65. The van der Waals surface area contributed by atoms with Crippen molar-refractivity contribution in [3.05, 3.63) is 40.5 Å². The number of benzene rings is 1. The van der Waals surface area contributed by atoms with E-state index in [1.807, 2.05) is 18.2 Å². The lowest BCUT2D eigenvalue weighted by molar-refractivity contribution is 0.410. The molecule has 3 rings (SSSR count). The van der Waals surface area contributed by atoms with Crippen molar-refractivity contribution in [3.8, 4) is 11.3 Å². The van der Waals surface area contributed by atoms with Crippen LogP contribution in [0.3, 0.4) is 0 Å². The van der Waals surface area contributed by atoms with Crippen LogP contribution in [0.1, 0.15) is 30.9 Å². The zero-order valence-electron chi connectivity index (χ0n) is 8.91. The summed E-state index contributed by atoms with van der Waals surface area (Å²) in [6.45, 7) is 0. The standard InChI is InChI=1S/C13H13BrN2/c14-11-7-2-1-6-10(11)13-8-12(15-16-13)9-4-3-5-9/h1-2,6-9H,3-5H2,(H,15,16). The van der Waals surface area contributed by atoms with Gasteiger partial charge in [-0.1, -0.05) is 40.5 Å². The number of aromatic amines is 1. The Morgan fingerprint density at radius 2 is 2.06 bits per heavy atom. The van der Waals surface area contributed by atoms with Crippen molar-refractivity contribution in [1.82, 2.24) is 10.2 Å². The SMILES string of the molecule is Brc1ccccc1-c1cc(C2CCC2)[nH]n1. The first-order valence-corrected chi connectivity index (χ1v) is 6.44. The summed E-state index contributed by atoms with van der Waals surface area (Å²) in [5.74, 6) is 0.712. The lowest BCUT2D eigenvalue weighted by Crippen LogP contribution is -2.08. The van der Waals surface area contributed by atoms with Crippen LogP contribution in [0.25, 0.3) is 11.3 Å². The van der Waals surface area contributed by atoms with E-state index in [0.717, 1.165) is 15.7 Å². The quantitative estimate of drug-likeness (QED) is 0.879. The number of rotatable bonds is 2. The molecule has 0 amide bonds. The van der Waals surface area contributed by atoms with Crippen LogP contribution in [0, 0.1) is 0 Å². The van der Waals surface area contributed by atoms with Gasteiger partial charge in [-0.05, 0) is 25.0 Å². The van der Waals surface area contributed by atoms with Gasteiger partial charge in [-0.2, -0.15) is 5.10 Å². The van der Waals surface area contributed by atoms with Crippen molar-refractivity contribution in [2.24, 2.45) is 0 Å². The summed E-state index contributed by atoms with van der Waals surface area (Å²) in [4.78, 5) is 0. The molecule has 1 aliphatic carbocycles. The van der Waals surface area contributed by atoms with Gasteiger partial charge >= 0.3 is 0 Å². The normalized spacial score (nSPS) is 16.1. The fourth-order valence-corrected chi connectivity index (χ4v) is 2.56. The predicted molar refractivity (Wildman–Crippen MR) is 68.3 cm³/mol. The molecule has 16 heavy (non-hydrogen) atoms. The summed E-state index contributed by atoms with van der Waals surface area (Å²) in [6, 6.07) is 10.4. The van der Waals surface area contributed by atoms with E-state index in [2.05, 4.69) is 38.3 Å². The molecule has 3 heteroatoms. The number of hydrogen-bond donors (Lipinski definition) is 1. The number of halogens is 1. The molecule has 1 aromatic heterocycles. The molecule has 1 aromatic carbocycles. The molecule has 0 radical (unpaired) electrons. The second-order valence-electron chi connectivity index (χ2n) is 4.32. The van der Waals surface area contributed by atoms with Crippen LogP contribution >= 0.6 is 15.9 Å². The highest BCUT2D eigenvalue weighted by Gasteiger charge is 2.21. The van der Waals surface area contributed by atoms with Gasteiger partial charge in [0.25, 0.3) is 0 Å². The van der Waals surface area contributed by atoms with Gasteiger partial charge in [0.05, 0.1) is 5.69 Å². The third-order valence-corrected chi connectivity index (χ3v) is 3.98. The van der Waals surface area contributed by atoms with E-state index in [9.17, 15) is 0 Å². The van der Waals surface area contributed by atoms with Crippen LogP contribution in [0.15, 0.2) is 34.8 Å². The van der Waals surface area contributed by atoms with E-state index < -0.39 is 0 Å². The Hall–Kier alpha value is -1.09. The predicted octanol–water partition coefficient (Wildman–Crippen LogP) is 4.11. The maximum atomic E-state index is 4.40. The van der Waals surface area contributed by atoms with Crippen LogP contribution in [0.2, 0.25) is 0 Å². The Labute approximate surface area is 103 Å². The Kier molecular flexibility index (Phi) is 2.56. The average molecular weight is 277 g/mol. The minimum atomic E-state index is 0.712. The summed E-state index contributed by atoms with van der Waals surface area (Å²) in [7, 11) is 0. The first-order valence-electron chi connectivity index (χ1n) is 5.65. The van der Waals surface area contributed by atoms with Gasteiger partial charge < -0.3 is 0 Å².